The smallest absolute Gasteiger partial charge is 0.247 e. The highest BCUT2D eigenvalue weighted by atomic mass is 16.5. The highest BCUT2D eigenvalue weighted by Crippen LogP contribution is 2.51. The van der Waals surface area contributed by atoms with Crippen LogP contribution in [0.1, 0.15) is 57.4 Å². The number of nitrogens with two attached hydrogens (primary N) is 1. The Morgan fingerprint density at radius 2 is 1.94 bits per heavy atom. The summed E-state index contributed by atoms with van der Waals surface area (Å²) in [6, 6.07) is 10.1. The van der Waals surface area contributed by atoms with Crippen molar-refractivity contribution in [1.29, 1.82) is 0 Å². The van der Waals surface area contributed by atoms with Gasteiger partial charge in [0.1, 0.15) is 17.3 Å². The van der Waals surface area contributed by atoms with Gasteiger partial charge in [-0.05, 0) is 76.6 Å². The first-order chi connectivity index (χ1) is 15.4. The molecule has 1 aromatic rings. The molecule has 2 aliphatic heterocycles. The summed E-state index contributed by atoms with van der Waals surface area (Å²) in [5, 5.41) is 6.47. The fourth-order valence-corrected chi connectivity index (χ4v) is 5.35. The van der Waals surface area contributed by atoms with E-state index in [0.717, 1.165) is 43.0 Å². The van der Waals surface area contributed by atoms with Gasteiger partial charge < -0.3 is 21.1 Å². The Morgan fingerprint density at radius 3 is 2.62 bits per heavy atom. The Hall–Kier alpha value is -2.60. The lowest BCUT2D eigenvalue weighted by molar-refractivity contribution is -0.127. The molecule has 6 heteroatoms. The molecule has 1 saturated heterocycles. The van der Waals surface area contributed by atoms with Gasteiger partial charge in [0.05, 0.1) is 0 Å². The summed E-state index contributed by atoms with van der Waals surface area (Å²) < 4.78 is 6.20. The third kappa shape index (κ3) is 4.46. The van der Waals surface area contributed by atoms with Gasteiger partial charge in [-0.15, -0.1) is 0 Å². The molecular formula is C26H35N3O3. The molecule has 0 radical (unpaired) electrons. The van der Waals surface area contributed by atoms with Crippen LogP contribution in [0.25, 0.3) is 0 Å². The number of hydrogen-bond acceptors (Lipinski definition) is 4. The lowest BCUT2D eigenvalue weighted by Crippen LogP contribution is -2.41. The molecule has 32 heavy (non-hydrogen) atoms. The monoisotopic (exact) mass is 437 g/mol. The molecule has 3 atom stereocenters. The zero-order chi connectivity index (χ0) is 22.7. The van der Waals surface area contributed by atoms with Crippen LogP contribution in [0.15, 0.2) is 53.3 Å². The number of nitrogens with one attached hydrogen (secondary N) is 2. The van der Waals surface area contributed by atoms with E-state index in [2.05, 4.69) is 22.8 Å². The molecular weight excluding hydrogens is 402 g/mol. The van der Waals surface area contributed by atoms with Crippen LogP contribution in [0, 0.1) is 11.3 Å². The zero-order valence-corrected chi connectivity index (χ0v) is 19.2. The molecule has 2 amide bonds. The first kappa shape index (κ1) is 22.6. The van der Waals surface area contributed by atoms with Gasteiger partial charge in [-0.2, -0.15) is 0 Å². The van der Waals surface area contributed by atoms with Crippen molar-refractivity contribution < 1.29 is 14.3 Å². The molecule has 4 rings (SSSR count). The lowest BCUT2D eigenvalue weighted by atomic mass is 9.72. The number of rotatable bonds is 7. The van der Waals surface area contributed by atoms with Gasteiger partial charge in [0.15, 0.2) is 0 Å². The first-order valence-electron chi connectivity index (χ1n) is 11.9. The van der Waals surface area contributed by atoms with Crippen LogP contribution in [0.3, 0.4) is 0 Å². The number of carbonyl (C=O) groups is 2. The normalized spacial score (nSPS) is 28.0. The first-order valence-corrected chi connectivity index (χ1v) is 11.9. The number of benzene rings is 1. The summed E-state index contributed by atoms with van der Waals surface area (Å²) in [5.74, 6) is 0.759. The van der Waals surface area contributed by atoms with E-state index >= 15 is 0 Å². The molecule has 4 N–H and O–H groups in total. The van der Waals surface area contributed by atoms with E-state index in [1.807, 2.05) is 31.2 Å². The minimum Gasteiger partial charge on any atom is -0.493 e. The van der Waals surface area contributed by atoms with E-state index < -0.39 is 11.3 Å². The predicted molar refractivity (Wildman–Crippen MR) is 125 cm³/mol. The van der Waals surface area contributed by atoms with Crippen molar-refractivity contribution in [2.24, 2.45) is 17.1 Å². The number of piperidine rings is 1. The van der Waals surface area contributed by atoms with E-state index in [9.17, 15) is 9.59 Å². The molecule has 1 aromatic carbocycles. The second-order valence-corrected chi connectivity index (χ2v) is 9.63. The van der Waals surface area contributed by atoms with Gasteiger partial charge in [0.25, 0.3) is 0 Å². The number of ether oxygens (including phenoxy) is 1. The van der Waals surface area contributed by atoms with Crippen molar-refractivity contribution in [2.45, 2.75) is 58.0 Å². The van der Waals surface area contributed by atoms with Gasteiger partial charge in [-0.25, -0.2) is 0 Å². The van der Waals surface area contributed by atoms with Crippen LogP contribution in [0.2, 0.25) is 0 Å². The summed E-state index contributed by atoms with van der Waals surface area (Å²) in [6.45, 7) is 6.63. The Balaban J connectivity index is 1.50. The maximum Gasteiger partial charge on any atom is 0.247 e. The summed E-state index contributed by atoms with van der Waals surface area (Å²) >= 11 is 0. The molecule has 0 bridgehead atoms. The van der Waals surface area contributed by atoms with Gasteiger partial charge in [-0.3, -0.25) is 9.59 Å². The summed E-state index contributed by atoms with van der Waals surface area (Å²) in [6.07, 6.45) is 6.59. The van der Waals surface area contributed by atoms with Gasteiger partial charge in [0, 0.05) is 23.6 Å². The molecule has 3 aliphatic rings. The van der Waals surface area contributed by atoms with Crippen LogP contribution in [-0.4, -0.2) is 37.6 Å². The Kier molecular flexibility index (Phi) is 6.70. The van der Waals surface area contributed by atoms with Crippen LogP contribution in [0.4, 0.5) is 0 Å². The molecule has 1 aliphatic carbocycles. The van der Waals surface area contributed by atoms with Crippen molar-refractivity contribution in [2.75, 3.05) is 19.6 Å². The lowest BCUT2D eigenvalue weighted by Gasteiger charge is -2.31. The largest absolute Gasteiger partial charge is 0.493 e. The number of primary amides is 1. The third-order valence-corrected chi connectivity index (χ3v) is 7.27. The fourth-order valence-electron chi connectivity index (χ4n) is 5.35. The molecule has 0 aromatic heterocycles. The molecule has 6 nitrogen and oxygen atoms in total. The topological polar surface area (TPSA) is 93.4 Å². The molecule has 3 unspecified atom stereocenters. The van der Waals surface area contributed by atoms with Crippen molar-refractivity contribution in [3.63, 3.8) is 0 Å². The minimum absolute atomic E-state index is 0.0344. The number of amides is 2. The quantitative estimate of drug-likeness (QED) is 0.571. The van der Waals surface area contributed by atoms with Crippen LogP contribution in [0.5, 0.6) is 0 Å². The number of hydrogen-bond donors (Lipinski definition) is 3. The zero-order valence-electron chi connectivity index (χ0n) is 19.2. The van der Waals surface area contributed by atoms with E-state index in [0.29, 0.717) is 17.9 Å². The predicted octanol–water partition coefficient (Wildman–Crippen LogP) is 3.16. The molecule has 172 valence electrons. The van der Waals surface area contributed by atoms with Crippen LogP contribution < -0.4 is 16.4 Å². The van der Waals surface area contributed by atoms with Gasteiger partial charge in [0.2, 0.25) is 11.8 Å². The van der Waals surface area contributed by atoms with Crippen LogP contribution >= 0.6 is 0 Å². The van der Waals surface area contributed by atoms with Crippen molar-refractivity contribution in [3.05, 3.63) is 58.9 Å². The van der Waals surface area contributed by atoms with Gasteiger partial charge in [-0.1, -0.05) is 30.3 Å². The van der Waals surface area contributed by atoms with Crippen molar-refractivity contribution in [1.82, 2.24) is 10.6 Å². The van der Waals surface area contributed by atoms with E-state index in [1.54, 1.807) is 6.92 Å². The number of allylic oxidation sites excluding steroid dienone is 1. The second-order valence-electron chi connectivity index (χ2n) is 9.63. The van der Waals surface area contributed by atoms with E-state index in [4.69, 9.17) is 10.5 Å². The third-order valence-electron chi connectivity index (χ3n) is 7.27. The standard InChI is InChI=1S/C26H35N3O3/c1-17-22(19-8-4-3-5-9-19)21-15-20(16-26(2,25(27)31)23(21)32-17)24(30)29-12-6-7-18-10-13-28-14-11-18/h3-5,8-9,15,17-18,22,28H,6-7,10-14,16H2,1-2H3,(H2,27,31)(H,29,30). The average molecular weight is 438 g/mol. The Bertz CT molecular complexity index is 918. The van der Waals surface area contributed by atoms with E-state index in [-0.39, 0.29) is 24.3 Å². The molecule has 1 fully saturated rings. The highest BCUT2D eigenvalue weighted by molar-refractivity contribution is 5.97. The van der Waals surface area contributed by atoms with Crippen molar-refractivity contribution >= 4 is 11.8 Å². The molecule has 0 saturated carbocycles. The SMILES string of the molecule is CC1OC2=C(C=C(C(=O)NCCCC3CCNCC3)CC2(C)C(N)=O)C1c1ccccc1. The van der Waals surface area contributed by atoms with Crippen LogP contribution in [-0.2, 0) is 14.3 Å². The maximum absolute atomic E-state index is 13.1. The number of carbonyl (C=O) groups excluding carboxylic acids is 2. The van der Waals surface area contributed by atoms with E-state index in [1.165, 1.54) is 12.8 Å². The fraction of sp³-hybridized carbons (Fsp3) is 0.538. The Labute approximate surface area is 190 Å². The summed E-state index contributed by atoms with van der Waals surface area (Å²) in [7, 11) is 0. The van der Waals surface area contributed by atoms with Gasteiger partial charge >= 0.3 is 0 Å². The van der Waals surface area contributed by atoms with Crippen molar-refractivity contribution in [3.8, 4) is 0 Å². The molecule has 2 heterocycles. The maximum atomic E-state index is 13.1. The molecule has 0 spiro atoms. The highest BCUT2D eigenvalue weighted by Gasteiger charge is 2.49. The summed E-state index contributed by atoms with van der Waals surface area (Å²) in [4.78, 5) is 25.6. The summed E-state index contributed by atoms with van der Waals surface area (Å²) in [5.41, 5.74) is 7.42. The second kappa shape index (κ2) is 9.49. The average Bonchev–Trinajstić information content (AvgIpc) is 3.14. The minimum atomic E-state index is -1.02. The Morgan fingerprint density at radius 1 is 1.22 bits per heavy atom.